The third kappa shape index (κ3) is 5.06. The van der Waals surface area contributed by atoms with Crippen LogP contribution in [0.2, 0.25) is 0 Å². The molecule has 1 saturated heterocycles. The van der Waals surface area contributed by atoms with Gasteiger partial charge in [-0.2, -0.15) is 0 Å². The number of nitrogens with zero attached hydrogens (tertiary/aromatic N) is 4. The van der Waals surface area contributed by atoms with Crippen molar-refractivity contribution in [2.24, 2.45) is 5.73 Å². The summed E-state index contributed by atoms with van der Waals surface area (Å²) in [5.41, 5.74) is 9.02. The van der Waals surface area contributed by atoms with E-state index in [1.54, 1.807) is 41.4 Å². The van der Waals surface area contributed by atoms with E-state index in [9.17, 15) is 14.4 Å². The minimum atomic E-state index is -0.756. The molecule has 2 aromatic carbocycles. The fraction of sp³-hybridized carbons (Fsp3) is 0.167. The number of hydrogen-bond acceptors (Lipinski definition) is 6. The van der Waals surface area contributed by atoms with Crippen LogP contribution in [0, 0.1) is 6.92 Å². The molecular weight excluding hydrogens is 506 g/mol. The molecule has 1 aliphatic rings. The summed E-state index contributed by atoms with van der Waals surface area (Å²) in [7, 11) is 0. The Morgan fingerprint density at radius 1 is 1.02 bits per heavy atom. The summed E-state index contributed by atoms with van der Waals surface area (Å²) in [5.74, 6) is 5.86. The van der Waals surface area contributed by atoms with Crippen LogP contribution in [-0.2, 0) is 4.79 Å². The molecule has 0 saturated carbocycles. The number of carbonyl (C=O) groups excluding carboxylic acids is 3. The first-order valence-electron chi connectivity index (χ1n) is 12.8. The number of rotatable bonds is 7. The minimum Gasteiger partial charge on any atom is -0.364 e. The van der Waals surface area contributed by atoms with Gasteiger partial charge in [0.05, 0.1) is 6.04 Å². The van der Waals surface area contributed by atoms with Gasteiger partial charge in [-0.15, -0.1) is 0 Å². The van der Waals surface area contributed by atoms with Gasteiger partial charge >= 0.3 is 0 Å². The van der Waals surface area contributed by atoms with E-state index in [1.807, 2.05) is 43.3 Å². The molecule has 1 atom stereocenters. The second-order valence-electron chi connectivity index (χ2n) is 9.65. The van der Waals surface area contributed by atoms with Gasteiger partial charge in [0.25, 0.3) is 17.7 Å². The van der Waals surface area contributed by atoms with Gasteiger partial charge < -0.3 is 21.8 Å². The van der Waals surface area contributed by atoms with E-state index < -0.39 is 11.9 Å². The lowest BCUT2D eigenvalue weighted by Gasteiger charge is -2.25. The lowest BCUT2D eigenvalue weighted by Crippen LogP contribution is -2.34. The Hall–Kier alpha value is -5.25. The maximum Gasteiger partial charge on any atom is 0.269 e. The predicted octanol–water partition coefficient (Wildman–Crippen LogP) is 3.70. The standard InChI is InChI=1S/C30H29N7O3/c1-18-14-15-33-24(17-18)34-29(39)22-12-10-21(11-13-22)25-26(27(31)38)37(32)28(35-25)23-9-6-16-36(23)30(40)19(2)20-7-4-3-5-8-20/h3-5,7-8,10-15,17,23H,2,6,9,16,32H2,1H3,(H2,31,38)(H,33,34,39). The van der Waals surface area contributed by atoms with E-state index in [0.29, 0.717) is 41.3 Å². The molecule has 4 aromatic rings. The normalized spacial score (nSPS) is 14.6. The summed E-state index contributed by atoms with van der Waals surface area (Å²) in [4.78, 5) is 49.1. The molecule has 1 aliphatic heterocycles. The number of nitrogens with two attached hydrogens (primary N) is 2. The third-order valence-electron chi connectivity index (χ3n) is 6.94. The summed E-state index contributed by atoms with van der Waals surface area (Å²) in [5, 5.41) is 2.77. The van der Waals surface area contributed by atoms with Crippen molar-refractivity contribution in [1.29, 1.82) is 0 Å². The van der Waals surface area contributed by atoms with Crippen LogP contribution in [0.4, 0.5) is 5.82 Å². The maximum atomic E-state index is 13.4. The van der Waals surface area contributed by atoms with Gasteiger partial charge in [0, 0.05) is 29.4 Å². The summed E-state index contributed by atoms with van der Waals surface area (Å²) in [6.07, 6.45) is 2.98. The second-order valence-corrected chi connectivity index (χ2v) is 9.65. The van der Waals surface area contributed by atoms with Crippen LogP contribution in [0.3, 0.4) is 0 Å². The molecule has 202 valence electrons. The monoisotopic (exact) mass is 535 g/mol. The largest absolute Gasteiger partial charge is 0.364 e. The second kappa shape index (κ2) is 10.9. The number of carbonyl (C=O) groups is 3. The van der Waals surface area contributed by atoms with Gasteiger partial charge in [-0.05, 0) is 55.2 Å². The molecule has 1 unspecified atom stereocenters. The lowest BCUT2D eigenvalue weighted by atomic mass is 10.1. The zero-order valence-electron chi connectivity index (χ0n) is 22.0. The van der Waals surface area contributed by atoms with Crippen LogP contribution < -0.4 is 16.9 Å². The van der Waals surface area contributed by atoms with Crippen LogP contribution in [-0.4, -0.2) is 43.8 Å². The summed E-state index contributed by atoms with van der Waals surface area (Å²) in [6, 6.07) is 19.0. The van der Waals surface area contributed by atoms with Crippen LogP contribution in [0.1, 0.15) is 56.7 Å². The van der Waals surface area contributed by atoms with E-state index in [-0.39, 0.29) is 23.2 Å². The van der Waals surface area contributed by atoms with Crippen molar-refractivity contribution in [3.63, 3.8) is 0 Å². The van der Waals surface area contributed by atoms with Gasteiger partial charge in [-0.3, -0.25) is 14.4 Å². The molecule has 2 aromatic heterocycles. The highest BCUT2D eigenvalue weighted by atomic mass is 16.2. The number of aromatic nitrogens is 3. The molecule has 10 nitrogen and oxygen atoms in total. The Kier molecular flexibility index (Phi) is 7.15. The minimum absolute atomic E-state index is 0.0114. The number of aryl methyl sites for hydroxylation is 1. The summed E-state index contributed by atoms with van der Waals surface area (Å²) >= 11 is 0. The summed E-state index contributed by atoms with van der Waals surface area (Å²) in [6.45, 7) is 6.42. The number of nitrogen functional groups attached to an aromatic ring is 1. The van der Waals surface area contributed by atoms with Crippen molar-refractivity contribution < 1.29 is 14.4 Å². The number of hydrogen-bond donors (Lipinski definition) is 3. The van der Waals surface area contributed by atoms with Gasteiger partial charge in [-0.25, -0.2) is 14.6 Å². The Morgan fingerprint density at radius 2 is 1.75 bits per heavy atom. The van der Waals surface area contributed by atoms with Gasteiger partial charge in [0.15, 0.2) is 11.5 Å². The average Bonchev–Trinajstić information content (AvgIpc) is 3.57. The quantitative estimate of drug-likeness (QED) is 0.243. The number of nitrogens with one attached hydrogen (secondary N) is 1. The molecule has 10 heteroatoms. The third-order valence-corrected chi connectivity index (χ3v) is 6.94. The van der Waals surface area contributed by atoms with E-state index in [1.165, 1.54) is 4.68 Å². The van der Waals surface area contributed by atoms with E-state index in [4.69, 9.17) is 16.6 Å². The Bertz CT molecular complexity index is 1610. The Labute approximate surface area is 231 Å². The summed E-state index contributed by atoms with van der Waals surface area (Å²) < 4.78 is 1.17. The molecule has 0 radical (unpaired) electrons. The first-order chi connectivity index (χ1) is 19.2. The van der Waals surface area contributed by atoms with Crippen LogP contribution in [0.15, 0.2) is 79.5 Å². The Morgan fingerprint density at radius 3 is 2.42 bits per heavy atom. The van der Waals surface area contributed by atoms with E-state index in [2.05, 4.69) is 16.9 Å². The predicted molar refractivity (Wildman–Crippen MR) is 152 cm³/mol. The molecule has 0 spiro atoms. The van der Waals surface area contributed by atoms with Crippen molar-refractivity contribution in [2.75, 3.05) is 17.7 Å². The number of imidazole rings is 1. The number of likely N-dealkylation sites (tertiary alicyclic amines) is 1. The van der Waals surface area contributed by atoms with Crippen LogP contribution in [0.5, 0.6) is 0 Å². The number of pyridine rings is 1. The molecule has 0 bridgehead atoms. The highest BCUT2D eigenvalue weighted by molar-refractivity contribution is 6.18. The van der Waals surface area contributed by atoms with E-state index >= 15 is 0 Å². The fourth-order valence-corrected chi connectivity index (χ4v) is 4.91. The van der Waals surface area contributed by atoms with Crippen molar-refractivity contribution in [3.8, 4) is 11.3 Å². The number of benzene rings is 2. The first-order valence-corrected chi connectivity index (χ1v) is 12.8. The maximum absolute atomic E-state index is 13.4. The van der Waals surface area contributed by atoms with E-state index in [0.717, 1.165) is 17.5 Å². The number of amides is 3. The lowest BCUT2D eigenvalue weighted by molar-refractivity contribution is -0.126. The molecule has 40 heavy (non-hydrogen) atoms. The molecule has 3 heterocycles. The average molecular weight is 536 g/mol. The fourth-order valence-electron chi connectivity index (χ4n) is 4.91. The number of anilines is 1. The van der Waals surface area contributed by atoms with Crippen molar-refractivity contribution in [1.82, 2.24) is 19.5 Å². The molecule has 3 amide bonds. The molecule has 0 aliphatic carbocycles. The van der Waals surface area contributed by atoms with Gasteiger partial charge in [0.2, 0.25) is 0 Å². The molecule has 1 fully saturated rings. The van der Waals surface area contributed by atoms with Gasteiger partial charge in [-0.1, -0.05) is 49.0 Å². The highest BCUT2D eigenvalue weighted by Gasteiger charge is 2.36. The highest BCUT2D eigenvalue weighted by Crippen LogP contribution is 2.36. The van der Waals surface area contributed by atoms with Crippen molar-refractivity contribution in [2.45, 2.75) is 25.8 Å². The molecule has 5 rings (SSSR count). The smallest absolute Gasteiger partial charge is 0.269 e. The van der Waals surface area contributed by atoms with Crippen molar-refractivity contribution >= 4 is 29.1 Å². The van der Waals surface area contributed by atoms with Crippen LogP contribution >= 0.6 is 0 Å². The Balaban J connectivity index is 1.42. The zero-order chi connectivity index (χ0) is 28.4. The van der Waals surface area contributed by atoms with Crippen LogP contribution in [0.25, 0.3) is 16.8 Å². The topological polar surface area (TPSA) is 149 Å². The van der Waals surface area contributed by atoms with Crippen molar-refractivity contribution in [3.05, 3.63) is 108 Å². The zero-order valence-corrected chi connectivity index (χ0v) is 22.0. The van der Waals surface area contributed by atoms with Gasteiger partial charge in [0.1, 0.15) is 11.5 Å². The number of primary amides is 1. The molecule has 5 N–H and O–H groups in total. The molecular formula is C30H29N7O3. The first kappa shape index (κ1) is 26.4. The SMILES string of the molecule is C=C(C(=O)N1CCCC1c1nc(-c2ccc(C(=O)Nc3cc(C)ccn3)cc2)c(C(N)=O)n1N)c1ccccc1.